The molecule has 0 aliphatic carbocycles. The lowest BCUT2D eigenvalue weighted by molar-refractivity contribution is 0.0663. The minimum atomic E-state index is -0.706. The minimum Gasteiger partial charge on any atom is -0.389 e. The number of hydrogen-bond acceptors (Lipinski definition) is 3. The Balaban J connectivity index is 1.87. The van der Waals surface area contributed by atoms with E-state index in [1.807, 2.05) is 30.5 Å². The van der Waals surface area contributed by atoms with Crippen molar-refractivity contribution in [2.45, 2.75) is 6.10 Å². The number of H-pyrrole nitrogens is 1. The van der Waals surface area contributed by atoms with Gasteiger partial charge in [-0.1, -0.05) is 0 Å². The Morgan fingerprint density at radius 1 is 1.47 bits per heavy atom. The summed E-state index contributed by atoms with van der Waals surface area (Å²) in [6.07, 6.45) is 1.14. The first-order valence-electron chi connectivity index (χ1n) is 5.98. The van der Waals surface area contributed by atoms with Gasteiger partial charge in [-0.15, -0.1) is 0 Å². The van der Waals surface area contributed by atoms with Crippen molar-refractivity contribution in [3.05, 3.63) is 30.5 Å². The third kappa shape index (κ3) is 3.70. The van der Waals surface area contributed by atoms with Crippen molar-refractivity contribution in [2.24, 2.45) is 0 Å². The molecule has 0 spiro atoms. The number of nitrogens with one attached hydrogen (secondary N) is 3. The summed E-state index contributed by atoms with van der Waals surface area (Å²) in [6.45, 7) is 0.335. The molecule has 6 heteroatoms. The van der Waals surface area contributed by atoms with Gasteiger partial charge in [0, 0.05) is 36.4 Å². The van der Waals surface area contributed by atoms with Crippen molar-refractivity contribution in [3.8, 4) is 0 Å². The lowest BCUT2D eigenvalue weighted by Crippen LogP contribution is -2.36. The summed E-state index contributed by atoms with van der Waals surface area (Å²) in [4.78, 5) is 14.7. The maximum Gasteiger partial charge on any atom is 0.319 e. The van der Waals surface area contributed by atoms with Gasteiger partial charge in [-0.25, -0.2) is 4.79 Å². The van der Waals surface area contributed by atoms with Crippen LogP contribution in [0.2, 0.25) is 0 Å². The fourth-order valence-electron chi connectivity index (χ4n) is 1.77. The first-order valence-corrected chi connectivity index (χ1v) is 5.98. The molecule has 6 nitrogen and oxygen atoms in total. The first-order chi connectivity index (χ1) is 9.19. The number of amides is 2. The average molecular weight is 263 g/mol. The SMILES string of the molecule is COCC(O)CNC(=O)Nc1ccc2[nH]ccc2c1. The monoisotopic (exact) mass is 263 g/mol. The van der Waals surface area contributed by atoms with Crippen LogP contribution >= 0.6 is 0 Å². The summed E-state index contributed by atoms with van der Waals surface area (Å²) in [7, 11) is 1.50. The van der Waals surface area contributed by atoms with Gasteiger partial charge in [0.2, 0.25) is 0 Å². The number of aromatic nitrogens is 1. The Hall–Kier alpha value is -2.05. The number of hydrogen-bond donors (Lipinski definition) is 4. The number of ether oxygens (including phenoxy) is 1. The number of urea groups is 1. The smallest absolute Gasteiger partial charge is 0.319 e. The first kappa shape index (κ1) is 13.4. The normalized spacial score (nSPS) is 12.3. The van der Waals surface area contributed by atoms with E-state index >= 15 is 0 Å². The lowest BCUT2D eigenvalue weighted by atomic mass is 10.2. The maximum atomic E-state index is 11.6. The van der Waals surface area contributed by atoms with E-state index in [9.17, 15) is 9.90 Å². The second kappa shape index (κ2) is 6.21. The largest absolute Gasteiger partial charge is 0.389 e. The molecule has 1 atom stereocenters. The summed E-state index contributed by atoms with van der Waals surface area (Å²) in [5.41, 5.74) is 1.72. The predicted octanol–water partition coefficient (Wildman–Crippen LogP) is 1.30. The van der Waals surface area contributed by atoms with Crippen LogP contribution in [0.15, 0.2) is 30.5 Å². The number of aliphatic hydroxyl groups is 1. The molecule has 4 N–H and O–H groups in total. The molecule has 1 unspecified atom stereocenters. The molecule has 0 fully saturated rings. The van der Waals surface area contributed by atoms with Crippen molar-refractivity contribution >= 4 is 22.6 Å². The van der Waals surface area contributed by atoms with Gasteiger partial charge in [0.25, 0.3) is 0 Å². The lowest BCUT2D eigenvalue weighted by Gasteiger charge is -2.11. The number of methoxy groups -OCH3 is 1. The van der Waals surface area contributed by atoms with Crippen LogP contribution in [0, 0.1) is 0 Å². The summed E-state index contributed by atoms with van der Waals surface area (Å²) in [6, 6.07) is 7.15. The molecule has 1 aromatic heterocycles. The minimum absolute atomic E-state index is 0.145. The Morgan fingerprint density at radius 2 is 2.32 bits per heavy atom. The van der Waals surface area contributed by atoms with Crippen LogP contribution in [0.3, 0.4) is 0 Å². The fraction of sp³-hybridized carbons (Fsp3) is 0.308. The van der Waals surface area contributed by atoms with Crippen molar-refractivity contribution in [1.29, 1.82) is 0 Å². The van der Waals surface area contributed by atoms with Crippen molar-refractivity contribution in [1.82, 2.24) is 10.3 Å². The molecule has 2 aromatic rings. The highest BCUT2D eigenvalue weighted by molar-refractivity contribution is 5.92. The van der Waals surface area contributed by atoms with Crippen LogP contribution in [0.1, 0.15) is 0 Å². The molecule has 19 heavy (non-hydrogen) atoms. The summed E-state index contributed by atoms with van der Waals surface area (Å²) < 4.78 is 4.77. The van der Waals surface area contributed by atoms with Crippen LogP contribution < -0.4 is 10.6 Å². The van der Waals surface area contributed by atoms with Gasteiger partial charge in [-0.3, -0.25) is 0 Å². The Morgan fingerprint density at radius 3 is 3.11 bits per heavy atom. The molecule has 0 bridgehead atoms. The fourth-order valence-corrected chi connectivity index (χ4v) is 1.77. The summed E-state index contributed by atoms with van der Waals surface area (Å²) >= 11 is 0. The molecular formula is C13H17N3O3. The summed E-state index contributed by atoms with van der Waals surface area (Å²) in [5, 5.41) is 15.7. The van der Waals surface area contributed by atoms with Gasteiger partial charge in [0.05, 0.1) is 12.7 Å². The third-order valence-electron chi connectivity index (χ3n) is 2.67. The standard InChI is InChI=1S/C13H17N3O3/c1-19-8-11(17)7-15-13(18)16-10-2-3-12-9(6-10)4-5-14-12/h2-6,11,14,17H,7-8H2,1H3,(H2,15,16,18). The Bertz CT molecular complexity index is 553. The molecule has 1 heterocycles. The van der Waals surface area contributed by atoms with Gasteiger partial charge in [0.1, 0.15) is 0 Å². The van der Waals surface area contributed by atoms with Crippen molar-refractivity contribution in [3.63, 3.8) is 0 Å². The predicted molar refractivity (Wildman–Crippen MR) is 73.2 cm³/mol. The van der Waals surface area contributed by atoms with Gasteiger partial charge >= 0.3 is 6.03 Å². The van der Waals surface area contributed by atoms with E-state index in [4.69, 9.17) is 4.74 Å². The second-order valence-corrected chi connectivity index (χ2v) is 4.22. The van der Waals surface area contributed by atoms with Gasteiger partial charge in [-0.05, 0) is 24.3 Å². The average Bonchev–Trinajstić information content (AvgIpc) is 2.84. The van der Waals surface area contributed by atoms with Gasteiger partial charge in [0.15, 0.2) is 0 Å². The van der Waals surface area contributed by atoms with E-state index in [0.29, 0.717) is 5.69 Å². The van der Waals surface area contributed by atoms with Gasteiger partial charge in [-0.2, -0.15) is 0 Å². The van der Waals surface area contributed by atoms with Crippen LogP contribution in [-0.4, -0.2) is 42.5 Å². The molecule has 2 rings (SSSR count). The number of aromatic amines is 1. The summed E-state index contributed by atoms with van der Waals surface area (Å²) in [5.74, 6) is 0. The number of anilines is 1. The number of fused-ring (bicyclic) bond motifs is 1. The molecule has 2 amide bonds. The molecule has 0 aliphatic heterocycles. The van der Waals surface area contributed by atoms with E-state index in [0.717, 1.165) is 10.9 Å². The Labute approximate surface area is 110 Å². The molecule has 0 saturated carbocycles. The second-order valence-electron chi connectivity index (χ2n) is 4.22. The molecule has 102 valence electrons. The van der Waals surface area contributed by atoms with Crippen molar-refractivity contribution in [2.75, 3.05) is 25.6 Å². The number of carbonyl (C=O) groups excluding carboxylic acids is 1. The van der Waals surface area contributed by atoms with E-state index < -0.39 is 6.10 Å². The highest BCUT2D eigenvalue weighted by Crippen LogP contribution is 2.17. The number of aliphatic hydroxyl groups excluding tert-OH is 1. The van der Waals surface area contributed by atoms with E-state index in [2.05, 4.69) is 15.6 Å². The van der Waals surface area contributed by atoms with Crippen LogP contribution in [-0.2, 0) is 4.74 Å². The van der Waals surface area contributed by atoms with E-state index in [-0.39, 0.29) is 19.2 Å². The number of carbonyl (C=O) groups is 1. The number of rotatable bonds is 5. The topological polar surface area (TPSA) is 86.4 Å². The molecule has 0 aliphatic rings. The van der Waals surface area contributed by atoms with Crippen LogP contribution in [0.25, 0.3) is 10.9 Å². The van der Waals surface area contributed by atoms with E-state index in [1.165, 1.54) is 7.11 Å². The van der Waals surface area contributed by atoms with Crippen molar-refractivity contribution < 1.29 is 14.6 Å². The highest BCUT2D eigenvalue weighted by Gasteiger charge is 2.07. The van der Waals surface area contributed by atoms with Crippen LogP contribution in [0.4, 0.5) is 10.5 Å². The zero-order valence-electron chi connectivity index (χ0n) is 10.6. The van der Waals surface area contributed by atoms with Crippen LogP contribution in [0.5, 0.6) is 0 Å². The quantitative estimate of drug-likeness (QED) is 0.655. The third-order valence-corrected chi connectivity index (χ3v) is 2.67. The molecular weight excluding hydrogens is 246 g/mol. The molecule has 0 saturated heterocycles. The number of benzene rings is 1. The highest BCUT2D eigenvalue weighted by atomic mass is 16.5. The molecule has 0 radical (unpaired) electrons. The Kier molecular flexibility index (Phi) is 4.38. The maximum absolute atomic E-state index is 11.6. The molecule has 1 aromatic carbocycles. The van der Waals surface area contributed by atoms with E-state index in [1.54, 1.807) is 0 Å². The zero-order valence-corrected chi connectivity index (χ0v) is 10.6. The zero-order chi connectivity index (χ0) is 13.7. The van der Waals surface area contributed by atoms with Gasteiger partial charge < -0.3 is 25.5 Å².